The van der Waals surface area contributed by atoms with E-state index in [9.17, 15) is 24.5 Å². The molecule has 0 bridgehead atoms. The van der Waals surface area contributed by atoms with Gasteiger partial charge in [-0.3, -0.25) is 14.9 Å². The van der Waals surface area contributed by atoms with Crippen LogP contribution in [-0.2, 0) is 14.3 Å². The second kappa shape index (κ2) is 10.7. The lowest BCUT2D eigenvalue weighted by atomic mass is 10.1. The summed E-state index contributed by atoms with van der Waals surface area (Å²) in [6.45, 7) is 8.37. The predicted molar refractivity (Wildman–Crippen MR) is 121 cm³/mol. The molecule has 0 saturated heterocycles. The topological polar surface area (TPSA) is 125 Å². The second-order valence-electron chi connectivity index (χ2n) is 7.34. The van der Waals surface area contributed by atoms with Crippen LogP contribution in [0.25, 0.3) is 6.08 Å². The summed E-state index contributed by atoms with van der Waals surface area (Å²) in [5, 5.41) is 13.6. The highest BCUT2D eigenvalue weighted by atomic mass is 32.1. The molecule has 2 aromatic rings. The van der Waals surface area contributed by atoms with Crippen LogP contribution in [0.15, 0.2) is 30.3 Å². The van der Waals surface area contributed by atoms with E-state index in [0.29, 0.717) is 11.1 Å². The minimum absolute atomic E-state index is 0.0801. The summed E-state index contributed by atoms with van der Waals surface area (Å²) in [4.78, 5) is 48.1. The molecule has 10 heteroatoms. The number of nitro groups is 1. The zero-order chi connectivity index (χ0) is 24.0. The third-order valence-electron chi connectivity index (χ3n) is 3.97. The summed E-state index contributed by atoms with van der Waals surface area (Å²) in [5.74, 6) is -1.86. The fourth-order valence-electron chi connectivity index (χ4n) is 2.65. The molecule has 0 fully saturated rings. The maximum absolute atomic E-state index is 12.6. The van der Waals surface area contributed by atoms with Crippen molar-refractivity contribution in [1.29, 1.82) is 0 Å². The summed E-state index contributed by atoms with van der Waals surface area (Å²) >= 11 is 0.917. The van der Waals surface area contributed by atoms with Crippen LogP contribution in [0.1, 0.15) is 58.9 Å². The molecule has 2 rings (SSSR count). The molecule has 1 heterocycles. The van der Waals surface area contributed by atoms with Crippen molar-refractivity contribution in [2.75, 3.05) is 5.32 Å². The maximum atomic E-state index is 12.6. The van der Waals surface area contributed by atoms with E-state index in [1.54, 1.807) is 40.7 Å². The van der Waals surface area contributed by atoms with Crippen molar-refractivity contribution in [2.24, 2.45) is 0 Å². The summed E-state index contributed by atoms with van der Waals surface area (Å²) in [6, 6.07) is 5.78. The van der Waals surface area contributed by atoms with Crippen LogP contribution in [0.4, 0.5) is 10.7 Å². The van der Waals surface area contributed by atoms with Gasteiger partial charge in [0.25, 0.3) is 5.69 Å². The number of hydrogen-bond acceptors (Lipinski definition) is 8. The SMILES string of the molecule is Cc1c(C(=O)OC(C)C)sc(NC(=O)C=Cc2cccc([N+](=O)[O-])c2)c1C(=O)OC(C)C. The van der Waals surface area contributed by atoms with Crippen LogP contribution < -0.4 is 5.32 Å². The molecule has 0 aliphatic carbocycles. The Hall–Kier alpha value is -3.53. The van der Waals surface area contributed by atoms with E-state index in [0.717, 1.165) is 11.3 Å². The molecule has 0 unspecified atom stereocenters. The van der Waals surface area contributed by atoms with Crippen LogP contribution in [0.2, 0.25) is 0 Å². The van der Waals surface area contributed by atoms with E-state index in [-0.39, 0.29) is 27.2 Å². The Morgan fingerprint density at radius 3 is 2.31 bits per heavy atom. The smallest absolute Gasteiger partial charge is 0.348 e. The van der Waals surface area contributed by atoms with Crippen LogP contribution >= 0.6 is 11.3 Å². The van der Waals surface area contributed by atoms with E-state index in [2.05, 4.69) is 5.32 Å². The fourth-order valence-corrected chi connectivity index (χ4v) is 3.73. The lowest BCUT2D eigenvalue weighted by Gasteiger charge is -2.10. The van der Waals surface area contributed by atoms with E-state index in [4.69, 9.17) is 9.47 Å². The number of carbonyl (C=O) groups is 3. The molecular weight excluding hydrogens is 436 g/mol. The summed E-state index contributed by atoms with van der Waals surface area (Å²) < 4.78 is 10.5. The lowest BCUT2D eigenvalue weighted by Crippen LogP contribution is -2.16. The van der Waals surface area contributed by atoms with Gasteiger partial charge >= 0.3 is 11.9 Å². The minimum Gasteiger partial charge on any atom is -0.459 e. The molecule has 0 saturated carbocycles. The molecule has 0 aliphatic heterocycles. The van der Waals surface area contributed by atoms with E-state index in [1.807, 2.05) is 0 Å². The average molecular weight is 461 g/mol. The normalized spacial score (nSPS) is 11.1. The second-order valence-corrected chi connectivity index (χ2v) is 8.36. The van der Waals surface area contributed by atoms with Gasteiger partial charge < -0.3 is 14.8 Å². The number of anilines is 1. The van der Waals surface area contributed by atoms with Gasteiger partial charge in [-0.1, -0.05) is 12.1 Å². The number of nitro benzene ring substituents is 1. The van der Waals surface area contributed by atoms with Crippen LogP contribution in [-0.4, -0.2) is 35.0 Å². The van der Waals surface area contributed by atoms with Crippen LogP contribution in [0.5, 0.6) is 0 Å². The highest BCUT2D eigenvalue weighted by Gasteiger charge is 2.28. The number of thiophene rings is 1. The van der Waals surface area contributed by atoms with Gasteiger partial charge in [-0.15, -0.1) is 11.3 Å². The zero-order valence-electron chi connectivity index (χ0n) is 18.3. The number of amides is 1. The average Bonchev–Trinajstić information content (AvgIpc) is 3.01. The molecule has 0 atom stereocenters. The molecule has 170 valence electrons. The number of rotatable bonds is 8. The number of esters is 2. The Bertz CT molecular complexity index is 1070. The molecule has 0 aliphatic rings. The molecule has 1 aromatic carbocycles. The number of carbonyl (C=O) groups excluding carboxylic acids is 3. The number of nitrogens with zero attached hydrogens (tertiary/aromatic N) is 1. The highest BCUT2D eigenvalue weighted by molar-refractivity contribution is 7.18. The van der Waals surface area contributed by atoms with Crippen molar-refractivity contribution in [1.82, 2.24) is 0 Å². The van der Waals surface area contributed by atoms with Gasteiger partial charge in [0.15, 0.2) is 0 Å². The number of non-ortho nitro benzene ring substituents is 1. The number of nitrogens with one attached hydrogen (secondary N) is 1. The first-order valence-corrected chi connectivity index (χ1v) is 10.6. The number of benzene rings is 1. The van der Waals surface area contributed by atoms with Crippen LogP contribution in [0, 0.1) is 17.0 Å². The van der Waals surface area contributed by atoms with Crippen molar-refractivity contribution in [3.05, 3.63) is 62.0 Å². The van der Waals surface area contributed by atoms with E-state index < -0.39 is 28.9 Å². The molecule has 0 radical (unpaired) electrons. The Morgan fingerprint density at radius 1 is 1.09 bits per heavy atom. The Labute approximate surface area is 189 Å². The minimum atomic E-state index is -0.671. The zero-order valence-corrected chi connectivity index (χ0v) is 19.1. The Kier molecular flexibility index (Phi) is 8.25. The monoisotopic (exact) mass is 460 g/mol. The summed E-state index contributed by atoms with van der Waals surface area (Å²) in [5.41, 5.74) is 0.784. The first-order valence-electron chi connectivity index (χ1n) is 9.78. The van der Waals surface area contributed by atoms with E-state index in [1.165, 1.54) is 30.4 Å². The summed E-state index contributed by atoms with van der Waals surface area (Å²) in [6.07, 6.45) is 1.83. The van der Waals surface area contributed by atoms with Gasteiger partial charge in [0, 0.05) is 18.2 Å². The number of ether oxygens (including phenoxy) is 2. The molecule has 1 aromatic heterocycles. The predicted octanol–water partition coefficient (Wildman–Crippen LogP) is 4.75. The first kappa shape index (κ1) is 24.7. The molecule has 0 spiro atoms. The molecule has 9 nitrogen and oxygen atoms in total. The Morgan fingerprint density at radius 2 is 1.72 bits per heavy atom. The van der Waals surface area contributed by atoms with Crippen molar-refractivity contribution in [3.8, 4) is 0 Å². The molecular formula is C22H24N2O7S. The van der Waals surface area contributed by atoms with Gasteiger partial charge in [-0.05, 0) is 51.8 Å². The Balaban J connectivity index is 2.33. The highest BCUT2D eigenvalue weighted by Crippen LogP contribution is 2.34. The van der Waals surface area contributed by atoms with Gasteiger partial charge in [-0.2, -0.15) is 0 Å². The lowest BCUT2D eigenvalue weighted by molar-refractivity contribution is -0.384. The molecule has 1 amide bonds. The van der Waals surface area contributed by atoms with Gasteiger partial charge in [0.05, 0.1) is 22.7 Å². The fraction of sp³-hybridized carbons (Fsp3) is 0.318. The van der Waals surface area contributed by atoms with Crippen molar-refractivity contribution in [3.63, 3.8) is 0 Å². The molecule has 32 heavy (non-hydrogen) atoms. The van der Waals surface area contributed by atoms with E-state index >= 15 is 0 Å². The van der Waals surface area contributed by atoms with Crippen molar-refractivity contribution >= 4 is 45.9 Å². The largest absolute Gasteiger partial charge is 0.459 e. The standard InChI is InChI=1S/C22H24N2O7S/c1-12(2)30-21(26)18-14(5)19(22(27)31-13(3)4)32-20(18)23-17(25)10-9-15-7-6-8-16(11-15)24(28)29/h6-13H,1-5H3,(H,23,25). The maximum Gasteiger partial charge on any atom is 0.348 e. The van der Waals surface area contributed by atoms with Crippen molar-refractivity contribution in [2.45, 2.75) is 46.8 Å². The number of hydrogen-bond donors (Lipinski definition) is 1. The van der Waals surface area contributed by atoms with Gasteiger partial charge in [0.2, 0.25) is 5.91 Å². The quantitative estimate of drug-likeness (QED) is 0.261. The van der Waals surface area contributed by atoms with Crippen LogP contribution in [0.3, 0.4) is 0 Å². The molecule has 1 N–H and O–H groups in total. The summed E-state index contributed by atoms with van der Waals surface area (Å²) in [7, 11) is 0. The third kappa shape index (κ3) is 6.48. The first-order chi connectivity index (χ1) is 15.0. The van der Waals surface area contributed by atoms with Gasteiger partial charge in [-0.25, -0.2) is 9.59 Å². The van der Waals surface area contributed by atoms with Crippen molar-refractivity contribution < 1.29 is 28.8 Å². The third-order valence-corrected chi connectivity index (χ3v) is 5.15. The van der Waals surface area contributed by atoms with Gasteiger partial charge in [0.1, 0.15) is 9.88 Å².